The van der Waals surface area contributed by atoms with Crippen LogP contribution < -0.4 is 5.32 Å². The molecule has 0 saturated carbocycles. The Morgan fingerprint density at radius 3 is 2.62 bits per heavy atom. The fourth-order valence-corrected chi connectivity index (χ4v) is 2.92. The second-order valence-corrected chi connectivity index (χ2v) is 6.17. The second-order valence-electron chi connectivity index (χ2n) is 6.17. The van der Waals surface area contributed by atoms with Crippen molar-refractivity contribution < 1.29 is 9.18 Å². The fourth-order valence-electron chi connectivity index (χ4n) is 2.92. The van der Waals surface area contributed by atoms with E-state index in [-0.39, 0.29) is 11.8 Å². The molecule has 24 heavy (non-hydrogen) atoms. The van der Waals surface area contributed by atoms with Crippen molar-refractivity contribution in [3.63, 3.8) is 0 Å². The first-order valence-corrected chi connectivity index (χ1v) is 8.14. The van der Waals surface area contributed by atoms with Gasteiger partial charge in [-0.2, -0.15) is 0 Å². The summed E-state index contributed by atoms with van der Waals surface area (Å²) in [4.78, 5) is 12.1. The van der Waals surface area contributed by atoms with Crippen molar-refractivity contribution in [3.8, 4) is 0 Å². The number of amides is 1. The summed E-state index contributed by atoms with van der Waals surface area (Å²) in [6.07, 6.45) is 0.880. The van der Waals surface area contributed by atoms with Gasteiger partial charge in [0.25, 0.3) is 5.91 Å². The Bertz CT molecular complexity index is 854. The molecule has 122 valence electrons. The first-order chi connectivity index (χ1) is 11.6. The summed E-state index contributed by atoms with van der Waals surface area (Å²) >= 11 is 0. The summed E-state index contributed by atoms with van der Waals surface area (Å²) in [6, 6.07) is 20.4. The summed E-state index contributed by atoms with van der Waals surface area (Å²) in [7, 11) is 0. The van der Waals surface area contributed by atoms with Gasteiger partial charge in [0.1, 0.15) is 5.82 Å². The first-order valence-electron chi connectivity index (χ1n) is 8.14. The van der Waals surface area contributed by atoms with Crippen molar-refractivity contribution in [1.82, 2.24) is 5.32 Å². The minimum atomic E-state index is -0.397. The zero-order valence-corrected chi connectivity index (χ0v) is 13.6. The average molecular weight is 321 g/mol. The number of halogens is 1. The molecule has 0 fully saturated rings. The van der Waals surface area contributed by atoms with Gasteiger partial charge in [0.2, 0.25) is 0 Å². The number of carbonyl (C=O) groups excluding carboxylic acids is 1. The van der Waals surface area contributed by atoms with Crippen LogP contribution >= 0.6 is 0 Å². The van der Waals surface area contributed by atoms with Crippen LogP contribution in [0.5, 0.6) is 0 Å². The summed E-state index contributed by atoms with van der Waals surface area (Å²) in [5.41, 5.74) is 1.63. The Morgan fingerprint density at radius 1 is 1.04 bits per heavy atom. The van der Waals surface area contributed by atoms with E-state index in [0.29, 0.717) is 12.1 Å². The number of hydrogen-bond acceptors (Lipinski definition) is 1. The largest absolute Gasteiger partial charge is 0.352 e. The molecule has 2 nitrogen and oxygen atoms in total. The van der Waals surface area contributed by atoms with Gasteiger partial charge < -0.3 is 5.32 Å². The molecule has 0 aliphatic rings. The number of hydrogen-bond donors (Lipinski definition) is 1. The third kappa shape index (κ3) is 3.80. The lowest BCUT2D eigenvalue weighted by Gasteiger charge is -2.14. The minimum absolute atomic E-state index is 0.237. The van der Waals surface area contributed by atoms with Crippen molar-refractivity contribution >= 4 is 16.7 Å². The van der Waals surface area contributed by atoms with Crippen LogP contribution in [0, 0.1) is 11.7 Å². The first kappa shape index (κ1) is 16.2. The van der Waals surface area contributed by atoms with Gasteiger partial charge in [-0.15, -0.1) is 0 Å². The van der Waals surface area contributed by atoms with Gasteiger partial charge in [0.05, 0.1) is 0 Å². The van der Waals surface area contributed by atoms with E-state index >= 15 is 0 Å². The maximum absolute atomic E-state index is 13.2. The summed E-state index contributed by atoms with van der Waals surface area (Å²) < 4.78 is 13.2. The Balaban J connectivity index is 1.63. The topological polar surface area (TPSA) is 29.1 Å². The Hall–Kier alpha value is -2.68. The molecule has 3 aromatic rings. The standard InChI is InChI=1S/C21H20FNO/c1-15(14-23-21(24)18-9-5-10-19(22)13-18)12-17-8-4-7-16-6-2-3-11-20(16)17/h2-11,13,15H,12,14H2,1H3,(H,23,24). The third-order valence-corrected chi connectivity index (χ3v) is 4.15. The highest BCUT2D eigenvalue weighted by Crippen LogP contribution is 2.21. The van der Waals surface area contributed by atoms with Crippen molar-refractivity contribution in [2.75, 3.05) is 6.54 Å². The fraction of sp³-hybridized carbons (Fsp3) is 0.190. The highest BCUT2D eigenvalue weighted by Gasteiger charge is 2.10. The molecule has 3 heteroatoms. The number of fused-ring (bicyclic) bond motifs is 1. The van der Waals surface area contributed by atoms with Crippen molar-refractivity contribution in [3.05, 3.63) is 83.7 Å². The van der Waals surface area contributed by atoms with Crippen LogP contribution in [0.3, 0.4) is 0 Å². The molecular weight excluding hydrogens is 301 g/mol. The van der Waals surface area contributed by atoms with Gasteiger partial charge >= 0.3 is 0 Å². The number of nitrogens with one attached hydrogen (secondary N) is 1. The maximum Gasteiger partial charge on any atom is 0.251 e. The quantitative estimate of drug-likeness (QED) is 0.732. The highest BCUT2D eigenvalue weighted by molar-refractivity contribution is 5.94. The van der Waals surface area contributed by atoms with Crippen LogP contribution in [0.25, 0.3) is 10.8 Å². The van der Waals surface area contributed by atoms with Gasteiger partial charge in [-0.25, -0.2) is 4.39 Å². The molecule has 0 aliphatic heterocycles. The molecule has 1 amide bonds. The van der Waals surface area contributed by atoms with Crippen molar-refractivity contribution in [1.29, 1.82) is 0 Å². The Morgan fingerprint density at radius 2 is 1.79 bits per heavy atom. The summed E-state index contributed by atoms with van der Waals surface area (Å²) in [6.45, 7) is 2.66. The molecular formula is C21H20FNO. The van der Waals surface area contributed by atoms with Crippen LogP contribution in [-0.4, -0.2) is 12.5 Å². The third-order valence-electron chi connectivity index (χ3n) is 4.15. The van der Waals surface area contributed by atoms with Gasteiger partial charge in [0, 0.05) is 12.1 Å². The van der Waals surface area contributed by atoms with E-state index in [9.17, 15) is 9.18 Å². The molecule has 1 unspecified atom stereocenters. The number of carbonyl (C=O) groups is 1. The van der Waals surface area contributed by atoms with Gasteiger partial charge in [-0.3, -0.25) is 4.79 Å². The summed E-state index contributed by atoms with van der Waals surface area (Å²) in [5, 5.41) is 5.37. The van der Waals surface area contributed by atoms with E-state index in [2.05, 4.69) is 42.6 Å². The van der Waals surface area contributed by atoms with Crippen molar-refractivity contribution in [2.45, 2.75) is 13.3 Å². The van der Waals surface area contributed by atoms with Crippen LogP contribution in [-0.2, 0) is 6.42 Å². The van der Waals surface area contributed by atoms with E-state index in [1.165, 1.54) is 28.5 Å². The van der Waals surface area contributed by atoms with E-state index in [0.717, 1.165) is 6.42 Å². The molecule has 1 atom stereocenters. The predicted octanol–water partition coefficient (Wildman–Crippen LogP) is 4.59. The number of rotatable bonds is 5. The van der Waals surface area contributed by atoms with Crippen LogP contribution in [0.1, 0.15) is 22.8 Å². The molecule has 0 bridgehead atoms. The lowest BCUT2D eigenvalue weighted by Crippen LogP contribution is -2.29. The Kier molecular flexibility index (Phi) is 4.90. The molecule has 0 aromatic heterocycles. The van der Waals surface area contributed by atoms with Gasteiger partial charge in [-0.1, -0.05) is 55.5 Å². The highest BCUT2D eigenvalue weighted by atomic mass is 19.1. The van der Waals surface area contributed by atoms with Crippen LogP contribution in [0.15, 0.2) is 66.7 Å². The molecule has 0 spiro atoms. The van der Waals surface area contributed by atoms with E-state index < -0.39 is 5.82 Å². The predicted molar refractivity (Wildman–Crippen MR) is 95.5 cm³/mol. The molecule has 0 saturated heterocycles. The molecule has 1 N–H and O–H groups in total. The molecule has 3 aromatic carbocycles. The number of benzene rings is 3. The van der Waals surface area contributed by atoms with Crippen LogP contribution in [0.4, 0.5) is 4.39 Å². The summed E-state index contributed by atoms with van der Waals surface area (Å²) in [5.74, 6) is -0.348. The molecule has 0 aliphatic carbocycles. The average Bonchev–Trinajstić information content (AvgIpc) is 2.60. The van der Waals surface area contributed by atoms with Gasteiger partial charge in [0.15, 0.2) is 0 Å². The second kappa shape index (κ2) is 7.26. The molecule has 0 heterocycles. The molecule has 0 radical (unpaired) electrons. The SMILES string of the molecule is CC(CNC(=O)c1cccc(F)c1)Cc1cccc2ccccc12. The normalized spacial score (nSPS) is 12.1. The monoisotopic (exact) mass is 321 g/mol. The zero-order chi connectivity index (χ0) is 16.9. The van der Waals surface area contributed by atoms with Crippen molar-refractivity contribution in [2.24, 2.45) is 5.92 Å². The zero-order valence-electron chi connectivity index (χ0n) is 13.6. The van der Waals surface area contributed by atoms with E-state index in [1.807, 2.05) is 12.1 Å². The maximum atomic E-state index is 13.2. The van der Waals surface area contributed by atoms with E-state index in [4.69, 9.17) is 0 Å². The lowest BCUT2D eigenvalue weighted by molar-refractivity contribution is 0.0947. The smallest absolute Gasteiger partial charge is 0.251 e. The van der Waals surface area contributed by atoms with Gasteiger partial charge in [-0.05, 0) is 46.9 Å². The minimum Gasteiger partial charge on any atom is -0.352 e. The Labute approximate surface area is 141 Å². The molecule has 3 rings (SSSR count). The van der Waals surface area contributed by atoms with E-state index in [1.54, 1.807) is 12.1 Å². The lowest BCUT2D eigenvalue weighted by atomic mass is 9.96. The van der Waals surface area contributed by atoms with Crippen LogP contribution in [0.2, 0.25) is 0 Å².